The summed E-state index contributed by atoms with van der Waals surface area (Å²) >= 11 is 0. The monoisotopic (exact) mass is 457 g/mol. The molecule has 1 heterocycles. The highest BCUT2D eigenvalue weighted by Crippen LogP contribution is 2.25. The molecule has 1 aromatic carbocycles. The summed E-state index contributed by atoms with van der Waals surface area (Å²) in [5, 5.41) is 0. The van der Waals surface area contributed by atoms with E-state index in [0.29, 0.717) is 6.61 Å². The maximum Gasteiger partial charge on any atom is 0.165 e. The van der Waals surface area contributed by atoms with Crippen molar-refractivity contribution in [3.8, 4) is 17.0 Å². The molecule has 0 fully saturated rings. The molecule has 0 saturated heterocycles. The molecule has 0 N–H and O–H groups in total. The van der Waals surface area contributed by atoms with Gasteiger partial charge in [0, 0.05) is 18.4 Å². The smallest absolute Gasteiger partial charge is 0.165 e. The molecule has 2 aromatic rings. The third-order valence-corrected chi connectivity index (χ3v) is 6.00. The van der Waals surface area contributed by atoms with Gasteiger partial charge in [-0.3, -0.25) is 4.98 Å². The molecule has 1 atom stereocenters. The number of aromatic nitrogens is 1. The fraction of sp³-hybridized carbons (Fsp3) is 0.621. The van der Waals surface area contributed by atoms with Crippen molar-refractivity contribution in [3.05, 3.63) is 47.9 Å². The molecule has 33 heavy (non-hydrogen) atoms. The highest BCUT2D eigenvalue weighted by molar-refractivity contribution is 5.60. The second kappa shape index (κ2) is 16.6. The van der Waals surface area contributed by atoms with Crippen LogP contribution in [-0.2, 0) is 11.2 Å². The summed E-state index contributed by atoms with van der Waals surface area (Å²) in [4.78, 5) is 4.56. The fourth-order valence-electron chi connectivity index (χ4n) is 3.88. The maximum atomic E-state index is 14.6. The van der Waals surface area contributed by atoms with Gasteiger partial charge in [-0.1, -0.05) is 77.7 Å². The minimum absolute atomic E-state index is 0.0590. The number of aryl methyl sites for hydroxylation is 1. The first kappa shape index (κ1) is 27.3. The Hall–Kier alpha value is -1.94. The summed E-state index contributed by atoms with van der Waals surface area (Å²) in [5.74, 6) is -0.104. The third kappa shape index (κ3) is 11.2. The van der Waals surface area contributed by atoms with Crippen LogP contribution >= 0.6 is 0 Å². The van der Waals surface area contributed by atoms with Crippen LogP contribution in [0.25, 0.3) is 11.3 Å². The molecule has 0 aliphatic heterocycles. The zero-order valence-corrected chi connectivity index (χ0v) is 21.1. The number of pyridine rings is 1. The summed E-state index contributed by atoms with van der Waals surface area (Å²) in [6, 6.07) is 9.16. The lowest BCUT2D eigenvalue weighted by Crippen LogP contribution is -2.19. The van der Waals surface area contributed by atoms with E-state index in [4.69, 9.17) is 9.47 Å². The molecule has 1 aromatic heterocycles. The van der Waals surface area contributed by atoms with Crippen LogP contribution in [0.2, 0.25) is 0 Å². The van der Waals surface area contributed by atoms with Gasteiger partial charge in [-0.05, 0) is 56.0 Å². The molecule has 184 valence electrons. The number of rotatable bonds is 18. The molecule has 0 radical (unpaired) electrons. The topological polar surface area (TPSA) is 31.4 Å². The molecule has 3 nitrogen and oxygen atoms in total. The third-order valence-electron chi connectivity index (χ3n) is 6.00. The molecule has 4 heteroatoms. The molecule has 0 aliphatic carbocycles. The van der Waals surface area contributed by atoms with Gasteiger partial charge < -0.3 is 9.47 Å². The average Bonchev–Trinajstić information content (AvgIpc) is 2.83. The quantitative estimate of drug-likeness (QED) is 0.210. The Morgan fingerprint density at radius 3 is 2.21 bits per heavy atom. The van der Waals surface area contributed by atoms with Gasteiger partial charge in [0.25, 0.3) is 0 Å². The first-order chi connectivity index (χ1) is 16.1. The largest absolute Gasteiger partial charge is 0.488 e. The van der Waals surface area contributed by atoms with E-state index < -0.39 is 0 Å². The maximum absolute atomic E-state index is 14.6. The molecule has 2 rings (SSSR count). The Balaban J connectivity index is 1.74. The first-order valence-corrected chi connectivity index (χ1v) is 13.1. The van der Waals surface area contributed by atoms with E-state index >= 15 is 0 Å². The van der Waals surface area contributed by atoms with Crippen molar-refractivity contribution in [2.75, 3.05) is 13.2 Å². The predicted molar refractivity (Wildman–Crippen MR) is 136 cm³/mol. The molecule has 0 bridgehead atoms. The number of hydrogen-bond acceptors (Lipinski definition) is 3. The number of benzene rings is 1. The van der Waals surface area contributed by atoms with Crippen molar-refractivity contribution in [1.29, 1.82) is 0 Å². The summed E-state index contributed by atoms with van der Waals surface area (Å²) < 4.78 is 26.0. The van der Waals surface area contributed by atoms with Crippen molar-refractivity contribution in [1.82, 2.24) is 4.98 Å². The Morgan fingerprint density at radius 2 is 1.55 bits per heavy atom. The van der Waals surface area contributed by atoms with Crippen LogP contribution in [0.15, 0.2) is 36.5 Å². The van der Waals surface area contributed by atoms with Crippen LogP contribution < -0.4 is 4.74 Å². The number of ether oxygens (including phenoxy) is 2. The lowest BCUT2D eigenvalue weighted by atomic mass is 10.0. The Kier molecular flexibility index (Phi) is 13.8. The van der Waals surface area contributed by atoms with Gasteiger partial charge in [-0.15, -0.1) is 0 Å². The average molecular weight is 458 g/mol. The number of hydrogen-bond donors (Lipinski definition) is 0. The van der Waals surface area contributed by atoms with E-state index in [1.807, 2.05) is 25.3 Å². The highest BCUT2D eigenvalue weighted by Gasteiger charge is 2.10. The molecule has 1 unspecified atom stereocenters. The van der Waals surface area contributed by atoms with Crippen LogP contribution in [0, 0.1) is 5.82 Å². The van der Waals surface area contributed by atoms with E-state index in [1.165, 1.54) is 75.8 Å². The standard InChI is InChI=1S/C29H44FNO2/c1-4-6-8-10-11-12-13-15-25-16-18-28(31-22-25)26-17-19-29(27(30)21-26)33-23-24(3)32-20-14-9-7-5-2/h16-19,21-22,24H,4-15,20,23H2,1-3H3. The molecule has 0 amide bonds. The molecule has 0 spiro atoms. The van der Waals surface area contributed by atoms with Crippen molar-refractivity contribution in [2.24, 2.45) is 0 Å². The van der Waals surface area contributed by atoms with Gasteiger partial charge in [0.2, 0.25) is 0 Å². The second-order valence-electron chi connectivity index (χ2n) is 9.12. The lowest BCUT2D eigenvalue weighted by Gasteiger charge is -2.15. The van der Waals surface area contributed by atoms with Crippen molar-refractivity contribution >= 4 is 0 Å². The van der Waals surface area contributed by atoms with Crippen LogP contribution in [-0.4, -0.2) is 24.3 Å². The van der Waals surface area contributed by atoms with E-state index in [1.54, 1.807) is 6.07 Å². The summed E-state index contributed by atoms with van der Waals surface area (Å²) in [5.41, 5.74) is 2.80. The van der Waals surface area contributed by atoms with Crippen LogP contribution in [0.1, 0.15) is 97.0 Å². The highest BCUT2D eigenvalue weighted by atomic mass is 19.1. The van der Waals surface area contributed by atoms with Crippen LogP contribution in [0.3, 0.4) is 0 Å². The Bertz CT molecular complexity index is 763. The van der Waals surface area contributed by atoms with Gasteiger partial charge in [0.05, 0.1) is 11.8 Å². The van der Waals surface area contributed by atoms with Crippen LogP contribution in [0.4, 0.5) is 4.39 Å². The first-order valence-electron chi connectivity index (χ1n) is 13.1. The van der Waals surface area contributed by atoms with Gasteiger partial charge in [-0.25, -0.2) is 4.39 Å². The van der Waals surface area contributed by atoms with Crippen molar-refractivity contribution < 1.29 is 13.9 Å². The summed E-state index contributed by atoms with van der Waals surface area (Å²) in [6.07, 6.45) is 16.8. The number of nitrogens with zero attached hydrogens (tertiary/aromatic N) is 1. The zero-order chi connectivity index (χ0) is 23.7. The van der Waals surface area contributed by atoms with E-state index in [-0.39, 0.29) is 17.7 Å². The lowest BCUT2D eigenvalue weighted by molar-refractivity contribution is 0.0293. The van der Waals surface area contributed by atoms with Gasteiger partial charge in [0.15, 0.2) is 11.6 Å². The molecule has 0 saturated carbocycles. The van der Waals surface area contributed by atoms with E-state index in [9.17, 15) is 4.39 Å². The molecule has 0 aliphatic rings. The zero-order valence-electron chi connectivity index (χ0n) is 21.1. The Morgan fingerprint density at radius 1 is 0.848 bits per heavy atom. The number of halogens is 1. The summed E-state index contributed by atoms with van der Waals surface area (Å²) in [6.45, 7) is 7.48. The molecular weight excluding hydrogens is 413 g/mol. The van der Waals surface area contributed by atoms with Crippen molar-refractivity contribution in [2.45, 2.75) is 104 Å². The predicted octanol–water partition coefficient (Wildman–Crippen LogP) is 8.55. The fourth-order valence-corrected chi connectivity index (χ4v) is 3.88. The van der Waals surface area contributed by atoms with Gasteiger partial charge >= 0.3 is 0 Å². The van der Waals surface area contributed by atoms with Gasteiger partial charge in [0.1, 0.15) is 6.61 Å². The minimum Gasteiger partial charge on any atom is -0.488 e. The second-order valence-corrected chi connectivity index (χ2v) is 9.12. The number of unbranched alkanes of at least 4 members (excludes halogenated alkanes) is 9. The molecular formula is C29H44FNO2. The van der Waals surface area contributed by atoms with E-state index in [2.05, 4.69) is 24.9 Å². The Labute approximate surface area is 201 Å². The van der Waals surface area contributed by atoms with Gasteiger partial charge in [-0.2, -0.15) is 0 Å². The summed E-state index contributed by atoms with van der Waals surface area (Å²) in [7, 11) is 0. The van der Waals surface area contributed by atoms with E-state index in [0.717, 1.165) is 30.7 Å². The SMILES string of the molecule is CCCCCCCCCc1ccc(-c2ccc(OCC(C)OCCCCCC)c(F)c2)nc1. The minimum atomic E-state index is -0.364. The normalized spacial score (nSPS) is 12.1. The van der Waals surface area contributed by atoms with Crippen LogP contribution in [0.5, 0.6) is 5.75 Å². The van der Waals surface area contributed by atoms with Crippen molar-refractivity contribution in [3.63, 3.8) is 0 Å².